The van der Waals surface area contributed by atoms with Crippen molar-refractivity contribution < 1.29 is 9.15 Å². The van der Waals surface area contributed by atoms with Crippen LogP contribution in [0.15, 0.2) is 45.8 Å². The van der Waals surface area contributed by atoms with E-state index in [4.69, 9.17) is 9.15 Å². The van der Waals surface area contributed by atoms with Crippen molar-refractivity contribution in [3.8, 4) is 17.1 Å². The van der Waals surface area contributed by atoms with E-state index >= 15 is 0 Å². The topological polar surface area (TPSA) is 39.4 Å². The fraction of sp³-hybridized carbons (Fsp3) is 0.0833. The average molecular weight is 200 g/mol. The van der Waals surface area contributed by atoms with Crippen LogP contribution in [-0.4, -0.2) is 0 Å². The Morgan fingerprint density at radius 1 is 1.13 bits per heavy atom. The van der Waals surface area contributed by atoms with Crippen LogP contribution in [0.3, 0.4) is 0 Å². The smallest absolute Gasteiger partial charge is 0.192 e. The molecule has 3 nitrogen and oxygen atoms in total. The predicted molar refractivity (Wildman–Crippen MR) is 54.7 cm³/mol. The van der Waals surface area contributed by atoms with E-state index in [0.29, 0.717) is 11.3 Å². The summed E-state index contributed by atoms with van der Waals surface area (Å²) in [5.41, 5.74) is 1.40. The van der Waals surface area contributed by atoms with Gasteiger partial charge in [0, 0.05) is 6.07 Å². The summed E-state index contributed by atoms with van der Waals surface area (Å²) in [7, 11) is 0. The molecule has 74 valence electrons. The second-order valence-corrected chi connectivity index (χ2v) is 3.38. The van der Waals surface area contributed by atoms with Crippen molar-refractivity contribution in [1.29, 1.82) is 0 Å². The van der Waals surface area contributed by atoms with Gasteiger partial charge < -0.3 is 9.15 Å². The minimum atomic E-state index is -0.0363. The van der Waals surface area contributed by atoms with Crippen LogP contribution in [0.5, 0.6) is 5.75 Å². The van der Waals surface area contributed by atoms with Gasteiger partial charge in [-0.25, -0.2) is 0 Å². The zero-order chi connectivity index (χ0) is 10.3. The van der Waals surface area contributed by atoms with Gasteiger partial charge >= 0.3 is 0 Å². The molecule has 1 aliphatic heterocycles. The minimum Gasteiger partial charge on any atom is -0.488 e. The van der Waals surface area contributed by atoms with E-state index in [1.807, 2.05) is 24.3 Å². The Kier molecular flexibility index (Phi) is 1.65. The number of hydrogen-bond donors (Lipinski definition) is 0. The van der Waals surface area contributed by atoms with Crippen molar-refractivity contribution in [2.45, 2.75) is 6.61 Å². The lowest BCUT2D eigenvalue weighted by Gasteiger charge is -2.17. The van der Waals surface area contributed by atoms with Gasteiger partial charge in [-0.1, -0.05) is 12.1 Å². The third-order valence-electron chi connectivity index (χ3n) is 2.48. The van der Waals surface area contributed by atoms with Gasteiger partial charge in [0.2, 0.25) is 0 Å². The summed E-state index contributed by atoms with van der Waals surface area (Å²) in [5.74, 6) is 1.39. The maximum Gasteiger partial charge on any atom is 0.192 e. The molecule has 0 amide bonds. The van der Waals surface area contributed by atoms with E-state index in [-0.39, 0.29) is 12.0 Å². The molecule has 0 atom stereocenters. The van der Waals surface area contributed by atoms with E-state index < -0.39 is 0 Å². The van der Waals surface area contributed by atoms with Crippen molar-refractivity contribution in [3.05, 3.63) is 52.4 Å². The van der Waals surface area contributed by atoms with Crippen molar-refractivity contribution in [2.75, 3.05) is 0 Å². The number of hydrogen-bond acceptors (Lipinski definition) is 3. The van der Waals surface area contributed by atoms with E-state index in [1.165, 1.54) is 12.3 Å². The highest BCUT2D eigenvalue weighted by Crippen LogP contribution is 2.35. The summed E-state index contributed by atoms with van der Waals surface area (Å²) in [5, 5.41) is 0. The second-order valence-electron chi connectivity index (χ2n) is 3.38. The Hall–Kier alpha value is -2.03. The number of para-hydroxylation sites is 1. The fourth-order valence-corrected chi connectivity index (χ4v) is 1.74. The zero-order valence-electron chi connectivity index (χ0n) is 7.90. The van der Waals surface area contributed by atoms with Gasteiger partial charge in [-0.3, -0.25) is 4.79 Å². The Labute approximate surface area is 85.9 Å². The molecule has 3 rings (SSSR count). The molecule has 1 aromatic carbocycles. The monoisotopic (exact) mass is 200 g/mol. The molecule has 3 heteroatoms. The summed E-state index contributed by atoms with van der Waals surface area (Å²) in [6.45, 7) is 0.287. The van der Waals surface area contributed by atoms with E-state index in [1.54, 1.807) is 0 Å². The first-order chi connectivity index (χ1) is 7.36. The normalized spacial score (nSPS) is 12.5. The Morgan fingerprint density at radius 2 is 2.00 bits per heavy atom. The molecule has 0 bridgehead atoms. The molecule has 15 heavy (non-hydrogen) atoms. The van der Waals surface area contributed by atoms with E-state index in [9.17, 15) is 4.79 Å². The zero-order valence-corrected chi connectivity index (χ0v) is 7.90. The molecule has 2 heterocycles. The first kappa shape index (κ1) is 8.29. The van der Waals surface area contributed by atoms with Crippen LogP contribution in [-0.2, 0) is 6.61 Å². The van der Waals surface area contributed by atoms with Gasteiger partial charge in [0.1, 0.15) is 18.1 Å². The van der Waals surface area contributed by atoms with Crippen LogP contribution in [0.25, 0.3) is 11.3 Å². The van der Waals surface area contributed by atoms with Crippen LogP contribution in [0.2, 0.25) is 0 Å². The Balaban J connectivity index is 2.35. The standard InChI is InChI=1S/C12H8O3/c13-10-5-6-14-12-8-3-1-2-4-11(8)15-7-9(10)12/h1-6H,7H2. The number of ether oxygens (including phenoxy) is 1. The predicted octanol–water partition coefficient (Wildman–Crippen LogP) is 2.20. The molecule has 0 aliphatic carbocycles. The Bertz CT molecular complexity index is 569. The summed E-state index contributed by atoms with van der Waals surface area (Å²) in [6.07, 6.45) is 1.42. The average Bonchev–Trinajstić information content (AvgIpc) is 2.29. The first-order valence-corrected chi connectivity index (χ1v) is 4.69. The third kappa shape index (κ3) is 1.16. The van der Waals surface area contributed by atoms with Crippen LogP contribution in [0.1, 0.15) is 5.56 Å². The van der Waals surface area contributed by atoms with Crippen LogP contribution >= 0.6 is 0 Å². The van der Waals surface area contributed by atoms with Crippen LogP contribution in [0, 0.1) is 0 Å². The van der Waals surface area contributed by atoms with E-state index in [0.717, 1.165) is 11.3 Å². The van der Waals surface area contributed by atoms with Gasteiger partial charge in [0.05, 0.1) is 17.4 Å². The lowest BCUT2D eigenvalue weighted by molar-refractivity contribution is 0.293. The quantitative estimate of drug-likeness (QED) is 0.654. The van der Waals surface area contributed by atoms with Crippen molar-refractivity contribution in [3.63, 3.8) is 0 Å². The SMILES string of the molecule is O=c1ccoc2c1COc1ccccc1-2. The summed E-state index contributed by atoms with van der Waals surface area (Å²) < 4.78 is 10.8. The molecule has 1 aromatic heterocycles. The Morgan fingerprint density at radius 3 is 2.93 bits per heavy atom. The van der Waals surface area contributed by atoms with Crippen molar-refractivity contribution >= 4 is 0 Å². The summed E-state index contributed by atoms with van der Waals surface area (Å²) in [4.78, 5) is 11.5. The molecule has 0 radical (unpaired) electrons. The number of rotatable bonds is 0. The maximum absolute atomic E-state index is 11.5. The highest BCUT2D eigenvalue weighted by molar-refractivity contribution is 5.69. The van der Waals surface area contributed by atoms with Gasteiger partial charge in [-0.2, -0.15) is 0 Å². The van der Waals surface area contributed by atoms with Crippen LogP contribution in [0.4, 0.5) is 0 Å². The molecule has 0 unspecified atom stereocenters. The molecule has 2 aromatic rings. The minimum absolute atomic E-state index is 0.0363. The number of fused-ring (bicyclic) bond motifs is 3. The van der Waals surface area contributed by atoms with Gasteiger partial charge in [0.25, 0.3) is 0 Å². The lowest BCUT2D eigenvalue weighted by Crippen LogP contribution is -2.15. The molecule has 1 aliphatic rings. The largest absolute Gasteiger partial charge is 0.488 e. The molecule has 0 spiro atoms. The van der Waals surface area contributed by atoms with E-state index in [2.05, 4.69) is 0 Å². The molecule has 0 saturated carbocycles. The third-order valence-corrected chi connectivity index (χ3v) is 2.48. The first-order valence-electron chi connectivity index (χ1n) is 4.69. The molecule has 0 saturated heterocycles. The number of benzene rings is 1. The molecular weight excluding hydrogens is 192 g/mol. The second kappa shape index (κ2) is 2.98. The van der Waals surface area contributed by atoms with Gasteiger partial charge in [-0.05, 0) is 12.1 Å². The maximum atomic E-state index is 11.5. The van der Waals surface area contributed by atoms with Crippen LogP contribution < -0.4 is 10.2 Å². The molecule has 0 N–H and O–H groups in total. The lowest BCUT2D eigenvalue weighted by atomic mass is 10.0. The fourth-order valence-electron chi connectivity index (χ4n) is 1.74. The van der Waals surface area contributed by atoms with Gasteiger partial charge in [-0.15, -0.1) is 0 Å². The van der Waals surface area contributed by atoms with Crippen molar-refractivity contribution in [2.24, 2.45) is 0 Å². The highest BCUT2D eigenvalue weighted by atomic mass is 16.5. The molecular formula is C12H8O3. The van der Waals surface area contributed by atoms with Gasteiger partial charge in [0.15, 0.2) is 5.43 Å². The summed E-state index contributed by atoms with van der Waals surface area (Å²) in [6, 6.07) is 8.95. The van der Waals surface area contributed by atoms with Crippen molar-refractivity contribution in [1.82, 2.24) is 0 Å². The summed E-state index contributed by atoms with van der Waals surface area (Å²) >= 11 is 0. The molecule has 0 fully saturated rings. The highest BCUT2D eigenvalue weighted by Gasteiger charge is 2.20.